The second kappa shape index (κ2) is 7.39. The number of hydrogen-bond donors (Lipinski definition) is 1. The highest BCUT2D eigenvalue weighted by Gasteiger charge is 2.24. The van der Waals surface area contributed by atoms with Crippen LogP contribution in [-0.4, -0.2) is 39.0 Å². The van der Waals surface area contributed by atoms with Gasteiger partial charge >= 0.3 is 5.97 Å². The number of aromatic nitrogens is 2. The number of rotatable bonds is 5. The Labute approximate surface area is 155 Å². The van der Waals surface area contributed by atoms with E-state index >= 15 is 0 Å². The maximum Gasteiger partial charge on any atom is 0.306 e. The van der Waals surface area contributed by atoms with Crippen LogP contribution >= 0.6 is 11.3 Å². The van der Waals surface area contributed by atoms with Crippen molar-refractivity contribution in [2.45, 2.75) is 19.4 Å². The molecular weight excluding hydrogens is 350 g/mol. The maximum atomic E-state index is 11.0. The molecule has 0 aliphatic carbocycles. The number of pyridine rings is 1. The minimum absolute atomic E-state index is 0.190. The predicted octanol–water partition coefficient (Wildman–Crippen LogP) is 3.78. The fourth-order valence-corrected chi connectivity index (χ4v) is 3.95. The Kier molecular flexibility index (Phi) is 4.81. The Morgan fingerprint density at radius 2 is 2.00 bits per heavy atom. The number of nitrogens with zero attached hydrogens (tertiary/aromatic N) is 3. The van der Waals surface area contributed by atoms with Crippen molar-refractivity contribution in [2.24, 2.45) is 5.92 Å². The molecule has 1 fully saturated rings. The molecule has 134 valence electrons. The standard InChI is InChI=1S/C19H19N3O3S/c23-18(24)14-7-10-22(11-8-14)12-13-3-5-15(6-4-13)25-19-21-17-16(26-19)2-1-9-20-17/h1-6,9,14H,7-8,10-12H2,(H,23,24). The van der Waals surface area contributed by atoms with E-state index in [9.17, 15) is 4.79 Å². The smallest absolute Gasteiger partial charge is 0.306 e. The number of aliphatic carboxylic acids is 1. The SMILES string of the molecule is O=C(O)C1CCN(Cc2ccc(Oc3nc4ncccc4s3)cc2)CC1. The van der Waals surface area contributed by atoms with E-state index in [-0.39, 0.29) is 5.92 Å². The molecule has 0 atom stereocenters. The van der Waals surface area contributed by atoms with Gasteiger partial charge in [0.1, 0.15) is 5.75 Å². The first-order valence-corrected chi connectivity index (χ1v) is 9.42. The minimum atomic E-state index is -0.670. The number of hydrogen-bond acceptors (Lipinski definition) is 6. The van der Waals surface area contributed by atoms with Gasteiger partial charge in [-0.2, -0.15) is 4.98 Å². The summed E-state index contributed by atoms with van der Waals surface area (Å²) in [5, 5.41) is 9.66. The number of fused-ring (bicyclic) bond motifs is 1. The van der Waals surface area contributed by atoms with E-state index in [1.54, 1.807) is 6.20 Å². The summed E-state index contributed by atoms with van der Waals surface area (Å²) >= 11 is 1.48. The van der Waals surface area contributed by atoms with Crippen LogP contribution < -0.4 is 4.74 Å². The molecule has 0 radical (unpaired) electrons. The third kappa shape index (κ3) is 3.84. The Morgan fingerprint density at radius 3 is 2.69 bits per heavy atom. The van der Waals surface area contributed by atoms with Crippen molar-refractivity contribution < 1.29 is 14.6 Å². The van der Waals surface area contributed by atoms with Crippen LogP contribution in [0.2, 0.25) is 0 Å². The summed E-state index contributed by atoms with van der Waals surface area (Å²) in [4.78, 5) is 21.9. The van der Waals surface area contributed by atoms with Crippen LogP contribution in [0.5, 0.6) is 10.9 Å². The molecule has 1 aliphatic rings. The van der Waals surface area contributed by atoms with Gasteiger partial charge in [-0.1, -0.05) is 23.5 Å². The summed E-state index contributed by atoms with van der Waals surface area (Å²) in [6.07, 6.45) is 3.17. The van der Waals surface area contributed by atoms with Gasteiger partial charge in [0.2, 0.25) is 0 Å². The van der Waals surface area contributed by atoms with Crippen LogP contribution in [-0.2, 0) is 11.3 Å². The Hall–Kier alpha value is -2.51. The molecule has 0 saturated carbocycles. The zero-order chi connectivity index (χ0) is 17.9. The highest BCUT2D eigenvalue weighted by molar-refractivity contribution is 7.20. The first-order chi connectivity index (χ1) is 12.7. The predicted molar refractivity (Wildman–Crippen MR) is 99.6 cm³/mol. The summed E-state index contributed by atoms with van der Waals surface area (Å²) in [5.74, 6) is -0.112. The average molecular weight is 369 g/mol. The zero-order valence-electron chi connectivity index (χ0n) is 14.2. The molecule has 0 spiro atoms. The third-order valence-corrected chi connectivity index (χ3v) is 5.50. The Balaban J connectivity index is 1.35. The molecule has 1 aliphatic heterocycles. The van der Waals surface area contributed by atoms with E-state index in [1.807, 2.05) is 36.4 Å². The van der Waals surface area contributed by atoms with Crippen LogP contribution in [0.15, 0.2) is 42.6 Å². The largest absolute Gasteiger partial charge is 0.481 e. The van der Waals surface area contributed by atoms with Gasteiger partial charge in [0.25, 0.3) is 5.19 Å². The number of carbonyl (C=O) groups is 1. The second-order valence-electron chi connectivity index (χ2n) is 6.44. The second-order valence-corrected chi connectivity index (χ2v) is 7.43. The van der Waals surface area contributed by atoms with Crippen molar-refractivity contribution in [1.29, 1.82) is 0 Å². The normalized spacial score (nSPS) is 16.0. The third-order valence-electron chi connectivity index (χ3n) is 4.62. The number of piperidine rings is 1. The number of ether oxygens (including phenoxy) is 1. The van der Waals surface area contributed by atoms with Gasteiger partial charge in [0.15, 0.2) is 5.65 Å². The van der Waals surface area contributed by atoms with Crippen LogP contribution in [0.25, 0.3) is 10.3 Å². The topological polar surface area (TPSA) is 75.5 Å². The van der Waals surface area contributed by atoms with Crippen molar-refractivity contribution in [3.05, 3.63) is 48.2 Å². The van der Waals surface area contributed by atoms with E-state index < -0.39 is 5.97 Å². The van der Waals surface area contributed by atoms with Crippen LogP contribution in [0.1, 0.15) is 18.4 Å². The van der Waals surface area contributed by atoms with E-state index in [4.69, 9.17) is 9.84 Å². The lowest BCUT2D eigenvalue weighted by molar-refractivity contribution is -0.143. The van der Waals surface area contributed by atoms with Crippen molar-refractivity contribution in [3.8, 4) is 10.9 Å². The lowest BCUT2D eigenvalue weighted by Crippen LogP contribution is -2.35. The quantitative estimate of drug-likeness (QED) is 0.738. The average Bonchev–Trinajstić information content (AvgIpc) is 3.06. The fraction of sp³-hybridized carbons (Fsp3) is 0.316. The van der Waals surface area contributed by atoms with Gasteiger partial charge < -0.3 is 9.84 Å². The molecule has 0 amide bonds. The highest BCUT2D eigenvalue weighted by atomic mass is 32.1. The molecule has 0 bridgehead atoms. The van der Waals surface area contributed by atoms with Crippen LogP contribution in [0, 0.1) is 5.92 Å². The van der Waals surface area contributed by atoms with E-state index in [1.165, 1.54) is 16.9 Å². The van der Waals surface area contributed by atoms with Gasteiger partial charge in [0, 0.05) is 12.7 Å². The molecule has 1 aromatic carbocycles. The lowest BCUT2D eigenvalue weighted by atomic mass is 9.97. The summed E-state index contributed by atoms with van der Waals surface area (Å²) < 4.78 is 6.84. The van der Waals surface area contributed by atoms with Gasteiger partial charge in [-0.05, 0) is 55.8 Å². The molecular formula is C19H19N3O3S. The van der Waals surface area contributed by atoms with Crippen molar-refractivity contribution in [1.82, 2.24) is 14.9 Å². The molecule has 0 unspecified atom stereocenters. The molecule has 2 aromatic heterocycles. The maximum absolute atomic E-state index is 11.0. The van der Waals surface area contributed by atoms with Gasteiger partial charge in [-0.15, -0.1) is 0 Å². The van der Waals surface area contributed by atoms with E-state index in [2.05, 4.69) is 14.9 Å². The molecule has 1 saturated heterocycles. The van der Waals surface area contributed by atoms with E-state index in [0.29, 0.717) is 10.8 Å². The summed E-state index contributed by atoms with van der Waals surface area (Å²) in [6.45, 7) is 2.49. The molecule has 6 nitrogen and oxygen atoms in total. The molecule has 3 heterocycles. The van der Waals surface area contributed by atoms with Crippen molar-refractivity contribution in [3.63, 3.8) is 0 Å². The molecule has 4 rings (SSSR count). The summed E-state index contributed by atoms with van der Waals surface area (Å²) in [6, 6.07) is 11.8. The number of benzene rings is 1. The molecule has 7 heteroatoms. The van der Waals surface area contributed by atoms with E-state index in [0.717, 1.165) is 42.9 Å². The lowest BCUT2D eigenvalue weighted by Gasteiger charge is -2.30. The fourth-order valence-electron chi connectivity index (χ4n) is 3.15. The van der Waals surface area contributed by atoms with Crippen LogP contribution in [0.3, 0.4) is 0 Å². The molecule has 26 heavy (non-hydrogen) atoms. The van der Waals surface area contributed by atoms with Crippen molar-refractivity contribution in [2.75, 3.05) is 13.1 Å². The van der Waals surface area contributed by atoms with Crippen LogP contribution in [0.4, 0.5) is 0 Å². The Morgan fingerprint density at radius 1 is 1.23 bits per heavy atom. The summed E-state index contributed by atoms with van der Waals surface area (Å²) in [7, 11) is 0. The number of carboxylic acid groups (broad SMARTS) is 1. The summed E-state index contributed by atoms with van der Waals surface area (Å²) in [5.41, 5.74) is 1.89. The molecule has 3 aromatic rings. The minimum Gasteiger partial charge on any atom is -0.481 e. The van der Waals surface area contributed by atoms with Gasteiger partial charge in [-0.3, -0.25) is 9.69 Å². The zero-order valence-corrected chi connectivity index (χ0v) is 15.0. The van der Waals surface area contributed by atoms with Crippen molar-refractivity contribution >= 4 is 27.7 Å². The van der Waals surface area contributed by atoms with Gasteiger partial charge in [0.05, 0.1) is 10.6 Å². The number of carboxylic acids is 1. The molecule has 1 N–H and O–H groups in total. The highest BCUT2D eigenvalue weighted by Crippen LogP contribution is 2.30. The Bertz CT molecular complexity index is 869. The first-order valence-electron chi connectivity index (χ1n) is 8.61. The first kappa shape index (κ1) is 16.9. The number of thiazole rings is 1. The monoisotopic (exact) mass is 369 g/mol. The van der Waals surface area contributed by atoms with Gasteiger partial charge in [-0.25, -0.2) is 4.98 Å². The number of likely N-dealkylation sites (tertiary alicyclic amines) is 1.